The summed E-state index contributed by atoms with van der Waals surface area (Å²) in [6.07, 6.45) is 0. The van der Waals surface area contributed by atoms with E-state index in [1.165, 1.54) is 11.8 Å². The molecule has 3 N–H and O–H groups in total. The predicted molar refractivity (Wildman–Crippen MR) is 86.7 cm³/mol. The van der Waals surface area contributed by atoms with E-state index in [1.807, 2.05) is 12.1 Å². The highest BCUT2D eigenvalue weighted by atomic mass is 35.5. The van der Waals surface area contributed by atoms with Crippen LogP contribution in [0.2, 0.25) is 10.0 Å². The van der Waals surface area contributed by atoms with Gasteiger partial charge in [-0.3, -0.25) is 4.79 Å². The summed E-state index contributed by atoms with van der Waals surface area (Å²) in [6.45, 7) is 0. The van der Waals surface area contributed by atoms with Gasteiger partial charge in [0.05, 0.1) is 21.5 Å². The molecule has 3 nitrogen and oxygen atoms in total. The Kier molecular flexibility index (Phi) is 5.17. The number of nitrogens with one attached hydrogen (secondary N) is 1. The van der Waals surface area contributed by atoms with E-state index in [4.69, 9.17) is 28.9 Å². The number of carbonyl (C=O) groups is 1. The molecule has 0 heterocycles. The van der Waals surface area contributed by atoms with E-state index < -0.39 is 0 Å². The van der Waals surface area contributed by atoms with E-state index in [-0.39, 0.29) is 11.7 Å². The van der Waals surface area contributed by atoms with Crippen molar-refractivity contribution < 1.29 is 4.79 Å². The van der Waals surface area contributed by atoms with Crippen LogP contribution in [0.1, 0.15) is 0 Å². The molecule has 0 spiro atoms. The lowest BCUT2D eigenvalue weighted by Crippen LogP contribution is -2.14. The van der Waals surface area contributed by atoms with Gasteiger partial charge in [0, 0.05) is 10.6 Å². The quantitative estimate of drug-likeness (QED) is 0.650. The lowest BCUT2D eigenvalue weighted by molar-refractivity contribution is -0.113. The van der Waals surface area contributed by atoms with Gasteiger partial charge in [0.25, 0.3) is 0 Å². The summed E-state index contributed by atoms with van der Waals surface area (Å²) in [5.74, 6) is 0.142. The van der Waals surface area contributed by atoms with Gasteiger partial charge in [-0.1, -0.05) is 29.3 Å². The number of rotatable bonds is 4. The van der Waals surface area contributed by atoms with E-state index in [1.54, 1.807) is 30.3 Å². The first-order chi connectivity index (χ1) is 9.56. The van der Waals surface area contributed by atoms with Crippen molar-refractivity contribution in [2.24, 2.45) is 0 Å². The zero-order chi connectivity index (χ0) is 14.5. The molecule has 0 radical (unpaired) electrons. The van der Waals surface area contributed by atoms with Crippen molar-refractivity contribution in [1.82, 2.24) is 0 Å². The van der Waals surface area contributed by atoms with Crippen LogP contribution in [0.5, 0.6) is 0 Å². The van der Waals surface area contributed by atoms with Crippen LogP contribution >= 0.6 is 35.0 Å². The summed E-state index contributed by atoms with van der Waals surface area (Å²) in [7, 11) is 0. The number of hydrogen-bond donors (Lipinski definition) is 2. The number of nitrogens with two attached hydrogens (primary N) is 1. The number of benzene rings is 2. The van der Waals surface area contributed by atoms with Gasteiger partial charge in [0.15, 0.2) is 0 Å². The second kappa shape index (κ2) is 6.88. The molecule has 0 aliphatic rings. The zero-order valence-electron chi connectivity index (χ0n) is 10.4. The van der Waals surface area contributed by atoms with E-state index in [0.717, 1.165) is 4.90 Å². The van der Waals surface area contributed by atoms with Gasteiger partial charge in [-0.2, -0.15) is 0 Å². The molecule has 0 fully saturated rings. The number of hydrogen-bond acceptors (Lipinski definition) is 3. The monoisotopic (exact) mass is 326 g/mol. The van der Waals surface area contributed by atoms with Gasteiger partial charge in [-0.05, 0) is 36.4 Å². The third-order valence-corrected chi connectivity index (χ3v) is 4.31. The first-order valence-corrected chi connectivity index (χ1v) is 7.52. The number of amides is 1. The number of carbonyl (C=O) groups excluding carboxylic acids is 1. The van der Waals surface area contributed by atoms with E-state index in [9.17, 15) is 4.79 Å². The smallest absolute Gasteiger partial charge is 0.234 e. The average molecular weight is 327 g/mol. The molecule has 20 heavy (non-hydrogen) atoms. The van der Waals surface area contributed by atoms with Crippen molar-refractivity contribution in [1.29, 1.82) is 0 Å². The second-order valence-corrected chi connectivity index (χ2v) is 5.84. The molecule has 0 aliphatic carbocycles. The molecule has 0 saturated carbocycles. The minimum atomic E-state index is -0.143. The Balaban J connectivity index is 1.92. The molecule has 104 valence electrons. The van der Waals surface area contributed by atoms with Crippen LogP contribution in [0, 0.1) is 0 Å². The summed E-state index contributed by atoms with van der Waals surface area (Å²) < 4.78 is 0. The first-order valence-electron chi connectivity index (χ1n) is 5.78. The molecule has 2 rings (SSSR count). The normalized spacial score (nSPS) is 10.3. The van der Waals surface area contributed by atoms with Crippen LogP contribution in [0.25, 0.3) is 0 Å². The molecule has 0 atom stereocenters. The molecule has 0 unspecified atom stereocenters. The van der Waals surface area contributed by atoms with Crippen LogP contribution in [0.15, 0.2) is 47.4 Å². The number of halogens is 2. The SMILES string of the molecule is Nc1ccc(SCC(=O)Nc2cccc(Cl)c2Cl)cc1. The molecular weight excluding hydrogens is 315 g/mol. The summed E-state index contributed by atoms with van der Waals surface area (Å²) in [5, 5.41) is 3.49. The third kappa shape index (κ3) is 4.07. The zero-order valence-corrected chi connectivity index (χ0v) is 12.7. The molecule has 0 aromatic heterocycles. The topological polar surface area (TPSA) is 55.1 Å². The van der Waals surface area contributed by atoms with Gasteiger partial charge in [0.1, 0.15) is 0 Å². The molecule has 0 saturated heterocycles. The van der Waals surface area contributed by atoms with E-state index in [0.29, 0.717) is 21.4 Å². The molecule has 2 aromatic rings. The molecular formula is C14H12Cl2N2OS. The van der Waals surface area contributed by atoms with Crippen LogP contribution in [-0.2, 0) is 4.79 Å². The highest BCUT2D eigenvalue weighted by Gasteiger charge is 2.08. The molecule has 2 aromatic carbocycles. The highest BCUT2D eigenvalue weighted by molar-refractivity contribution is 8.00. The summed E-state index contributed by atoms with van der Waals surface area (Å²) in [4.78, 5) is 12.8. The van der Waals surface area contributed by atoms with Crippen molar-refractivity contribution in [2.75, 3.05) is 16.8 Å². The lowest BCUT2D eigenvalue weighted by Gasteiger charge is -2.08. The van der Waals surface area contributed by atoms with Crippen LogP contribution in [0.4, 0.5) is 11.4 Å². The van der Waals surface area contributed by atoms with Gasteiger partial charge in [-0.25, -0.2) is 0 Å². The minimum absolute atomic E-state index is 0.143. The Bertz CT molecular complexity index is 617. The maximum absolute atomic E-state index is 11.9. The van der Waals surface area contributed by atoms with Crippen molar-refractivity contribution in [2.45, 2.75) is 4.90 Å². The maximum Gasteiger partial charge on any atom is 0.234 e. The fourth-order valence-corrected chi connectivity index (χ4v) is 2.55. The van der Waals surface area contributed by atoms with E-state index in [2.05, 4.69) is 5.32 Å². The fourth-order valence-electron chi connectivity index (χ4n) is 1.50. The summed E-state index contributed by atoms with van der Waals surface area (Å²) in [5.41, 5.74) is 6.81. The molecule has 6 heteroatoms. The Morgan fingerprint density at radius 1 is 1.15 bits per heavy atom. The summed E-state index contributed by atoms with van der Waals surface area (Å²) >= 11 is 13.3. The summed E-state index contributed by atoms with van der Waals surface area (Å²) in [6, 6.07) is 12.5. The van der Waals surface area contributed by atoms with Gasteiger partial charge >= 0.3 is 0 Å². The molecule has 0 bridgehead atoms. The van der Waals surface area contributed by atoms with Crippen LogP contribution < -0.4 is 11.1 Å². The van der Waals surface area contributed by atoms with Crippen molar-refractivity contribution in [3.8, 4) is 0 Å². The Hall–Kier alpha value is -1.36. The van der Waals surface area contributed by atoms with Gasteiger partial charge in [-0.15, -0.1) is 11.8 Å². The number of thioether (sulfide) groups is 1. The largest absolute Gasteiger partial charge is 0.399 e. The van der Waals surface area contributed by atoms with Gasteiger partial charge in [0.2, 0.25) is 5.91 Å². The predicted octanol–water partition coefficient (Wildman–Crippen LogP) is 4.31. The number of anilines is 2. The van der Waals surface area contributed by atoms with E-state index >= 15 is 0 Å². The van der Waals surface area contributed by atoms with Crippen LogP contribution in [0.3, 0.4) is 0 Å². The second-order valence-electron chi connectivity index (χ2n) is 4.01. The maximum atomic E-state index is 11.9. The lowest BCUT2D eigenvalue weighted by atomic mass is 10.3. The average Bonchev–Trinajstić information content (AvgIpc) is 2.43. The standard InChI is InChI=1S/C14H12Cl2N2OS/c15-11-2-1-3-12(14(11)16)18-13(19)8-20-10-6-4-9(17)5-7-10/h1-7H,8,17H2,(H,18,19). The Labute approximate surface area is 131 Å². The van der Waals surface area contributed by atoms with Gasteiger partial charge < -0.3 is 11.1 Å². The fraction of sp³-hybridized carbons (Fsp3) is 0.0714. The van der Waals surface area contributed by atoms with Crippen molar-refractivity contribution in [3.05, 3.63) is 52.5 Å². The highest BCUT2D eigenvalue weighted by Crippen LogP contribution is 2.29. The third-order valence-electron chi connectivity index (χ3n) is 2.48. The molecule has 0 aliphatic heterocycles. The van der Waals surface area contributed by atoms with Crippen LogP contribution in [-0.4, -0.2) is 11.7 Å². The number of nitrogen functional groups attached to an aromatic ring is 1. The van der Waals surface area contributed by atoms with Crippen molar-refractivity contribution in [3.63, 3.8) is 0 Å². The Morgan fingerprint density at radius 3 is 2.55 bits per heavy atom. The molecule has 1 amide bonds. The van der Waals surface area contributed by atoms with Crippen molar-refractivity contribution >= 4 is 52.2 Å². The first kappa shape index (κ1) is 15.0. The minimum Gasteiger partial charge on any atom is -0.399 e. The Morgan fingerprint density at radius 2 is 1.85 bits per heavy atom.